The summed E-state index contributed by atoms with van der Waals surface area (Å²) >= 11 is 0. The van der Waals surface area contributed by atoms with Crippen molar-refractivity contribution in [1.29, 1.82) is 0 Å². The zero-order valence-corrected chi connectivity index (χ0v) is 11.1. The average molecular weight is 239 g/mol. The third-order valence-electron chi connectivity index (χ3n) is 2.57. The lowest BCUT2D eigenvalue weighted by molar-refractivity contribution is 0.548. The summed E-state index contributed by atoms with van der Waals surface area (Å²) in [6.45, 7) is 7.51. The molecule has 0 atom stereocenters. The quantitative estimate of drug-likeness (QED) is 0.827. The van der Waals surface area contributed by atoms with Gasteiger partial charge < -0.3 is 10.2 Å². The molecule has 0 saturated carbocycles. The zero-order valence-electron chi connectivity index (χ0n) is 11.1. The van der Waals surface area contributed by atoms with Gasteiger partial charge in [0.1, 0.15) is 0 Å². The van der Waals surface area contributed by atoms with E-state index in [1.807, 2.05) is 25.8 Å². The van der Waals surface area contributed by atoms with E-state index in [0.29, 0.717) is 24.0 Å². The van der Waals surface area contributed by atoms with E-state index in [-0.39, 0.29) is 5.82 Å². The van der Waals surface area contributed by atoms with Crippen LogP contribution in [0.15, 0.2) is 12.3 Å². The van der Waals surface area contributed by atoms with E-state index in [1.165, 1.54) is 0 Å². The van der Waals surface area contributed by atoms with Crippen LogP contribution in [-0.2, 0) is 6.54 Å². The molecule has 1 N–H and O–H groups in total. The third kappa shape index (κ3) is 3.97. The highest BCUT2D eigenvalue weighted by Crippen LogP contribution is 2.18. The smallest absolute Gasteiger partial charge is 0.170 e. The topological polar surface area (TPSA) is 28.2 Å². The molecule has 0 aliphatic heterocycles. The van der Waals surface area contributed by atoms with E-state index in [1.54, 1.807) is 12.3 Å². The highest BCUT2D eigenvalue weighted by Gasteiger charge is 2.12. The summed E-state index contributed by atoms with van der Waals surface area (Å²) in [5.41, 5.74) is 0.673. The molecule has 96 valence electrons. The fraction of sp³-hybridized carbons (Fsp3) is 0.615. The maximum Gasteiger partial charge on any atom is 0.170 e. The minimum atomic E-state index is -0.211. The van der Waals surface area contributed by atoms with Gasteiger partial charge in [-0.3, -0.25) is 0 Å². The Bertz CT molecular complexity index is 353. The molecule has 1 aromatic heterocycles. The molecule has 0 amide bonds. The Morgan fingerprint density at radius 1 is 1.47 bits per heavy atom. The van der Waals surface area contributed by atoms with Gasteiger partial charge in [-0.15, -0.1) is 0 Å². The molecule has 3 nitrogen and oxygen atoms in total. The fourth-order valence-corrected chi connectivity index (χ4v) is 1.63. The first-order chi connectivity index (χ1) is 8.06. The summed E-state index contributed by atoms with van der Waals surface area (Å²) in [6.07, 6.45) is 2.65. The van der Waals surface area contributed by atoms with Crippen LogP contribution in [0.1, 0.15) is 32.8 Å². The second-order valence-electron chi connectivity index (χ2n) is 4.56. The molecule has 17 heavy (non-hydrogen) atoms. The van der Waals surface area contributed by atoms with Gasteiger partial charge in [-0.25, -0.2) is 9.37 Å². The summed E-state index contributed by atoms with van der Waals surface area (Å²) in [5, 5.41) is 3.21. The lowest BCUT2D eigenvalue weighted by Crippen LogP contribution is -2.24. The van der Waals surface area contributed by atoms with Crippen molar-refractivity contribution in [3.8, 4) is 0 Å². The maximum absolute atomic E-state index is 14.2. The first kappa shape index (κ1) is 13.9. The van der Waals surface area contributed by atoms with Crippen molar-refractivity contribution in [1.82, 2.24) is 10.3 Å². The summed E-state index contributed by atoms with van der Waals surface area (Å²) in [4.78, 5) is 5.96. The van der Waals surface area contributed by atoms with Gasteiger partial charge in [-0.05, 0) is 12.5 Å². The molecule has 0 saturated heterocycles. The van der Waals surface area contributed by atoms with Gasteiger partial charge in [0.2, 0.25) is 0 Å². The highest BCUT2D eigenvalue weighted by atomic mass is 19.1. The van der Waals surface area contributed by atoms with E-state index >= 15 is 0 Å². The summed E-state index contributed by atoms with van der Waals surface area (Å²) in [7, 11) is 1.87. The molecular weight excluding hydrogens is 217 g/mol. The Labute approximate surface area is 103 Å². The van der Waals surface area contributed by atoms with Crippen molar-refractivity contribution in [2.75, 3.05) is 18.5 Å². The minimum Gasteiger partial charge on any atom is -0.357 e. The molecule has 0 aliphatic rings. The number of anilines is 1. The molecule has 0 spiro atoms. The van der Waals surface area contributed by atoms with Crippen LogP contribution in [0.3, 0.4) is 0 Å². The largest absolute Gasteiger partial charge is 0.357 e. The van der Waals surface area contributed by atoms with Crippen LogP contribution >= 0.6 is 0 Å². The first-order valence-corrected chi connectivity index (χ1v) is 6.14. The highest BCUT2D eigenvalue weighted by molar-refractivity contribution is 5.42. The molecule has 0 aliphatic carbocycles. The SMILES string of the molecule is CCCN(C)c1nccc(CNC(C)C)c1F. The van der Waals surface area contributed by atoms with Gasteiger partial charge in [-0.2, -0.15) is 0 Å². The fourth-order valence-electron chi connectivity index (χ4n) is 1.63. The van der Waals surface area contributed by atoms with Crippen molar-refractivity contribution in [2.45, 2.75) is 39.8 Å². The van der Waals surface area contributed by atoms with Crippen LogP contribution in [0.5, 0.6) is 0 Å². The standard InChI is InChI=1S/C13H22FN3/c1-5-8-17(4)13-12(14)11(6-7-15-13)9-16-10(2)3/h6-7,10,16H,5,8-9H2,1-4H3. The monoisotopic (exact) mass is 239 g/mol. The summed E-state index contributed by atoms with van der Waals surface area (Å²) in [5.74, 6) is 0.228. The molecule has 0 radical (unpaired) electrons. The maximum atomic E-state index is 14.2. The molecule has 1 rings (SSSR count). The molecule has 0 aromatic carbocycles. The van der Waals surface area contributed by atoms with Gasteiger partial charge in [0.05, 0.1) is 0 Å². The number of aromatic nitrogens is 1. The molecule has 4 heteroatoms. The molecule has 0 unspecified atom stereocenters. The van der Waals surface area contributed by atoms with Gasteiger partial charge in [0.15, 0.2) is 11.6 Å². The van der Waals surface area contributed by atoms with Crippen LogP contribution in [0.4, 0.5) is 10.2 Å². The van der Waals surface area contributed by atoms with Crippen LogP contribution < -0.4 is 10.2 Å². The number of pyridine rings is 1. The normalized spacial score (nSPS) is 10.9. The Hall–Kier alpha value is -1.16. The Balaban J connectivity index is 2.83. The van der Waals surface area contributed by atoms with Crippen molar-refractivity contribution in [3.63, 3.8) is 0 Å². The molecule has 0 bridgehead atoms. The molecule has 1 heterocycles. The number of halogens is 1. The zero-order chi connectivity index (χ0) is 12.8. The number of hydrogen-bond donors (Lipinski definition) is 1. The van der Waals surface area contributed by atoms with Gasteiger partial charge in [0.25, 0.3) is 0 Å². The number of nitrogens with one attached hydrogen (secondary N) is 1. The molecular formula is C13H22FN3. The first-order valence-electron chi connectivity index (χ1n) is 6.14. The Kier molecular flexibility index (Phi) is 5.35. The van der Waals surface area contributed by atoms with E-state index < -0.39 is 0 Å². The second-order valence-corrected chi connectivity index (χ2v) is 4.56. The van der Waals surface area contributed by atoms with Crippen molar-refractivity contribution in [2.24, 2.45) is 0 Å². The number of rotatable bonds is 6. The van der Waals surface area contributed by atoms with Gasteiger partial charge in [0, 0.05) is 37.9 Å². The summed E-state index contributed by atoms with van der Waals surface area (Å²) in [6, 6.07) is 2.08. The second kappa shape index (κ2) is 6.55. The van der Waals surface area contributed by atoms with Crippen molar-refractivity contribution < 1.29 is 4.39 Å². The van der Waals surface area contributed by atoms with Gasteiger partial charge in [-0.1, -0.05) is 20.8 Å². The van der Waals surface area contributed by atoms with Crippen LogP contribution in [0.25, 0.3) is 0 Å². The predicted molar refractivity (Wildman–Crippen MR) is 69.7 cm³/mol. The van der Waals surface area contributed by atoms with E-state index in [2.05, 4.69) is 17.2 Å². The predicted octanol–water partition coefficient (Wildman–Crippen LogP) is 2.56. The number of nitrogens with zero attached hydrogens (tertiary/aromatic N) is 2. The number of hydrogen-bond acceptors (Lipinski definition) is 3. The lowest BCUT2D eigenvalue weighted by atomic mass is 10.2. The van der Waals surface area contributed by atoms with Crippen LogP contribution in [0, 0.1) is 5.82 Å². The minimum absolute atomic E-state index is 0.211. The Morgan fingerprint density at radius 2 is 2.18 bits per heavy atom. The van der Waals surface area contributed by atoms with E-state index in [9.17, 15) is 4.39 Å². The lowest BCUT2D eigenvalue weighted by Gasteiger charge is -2.19. The molecule has 1 aromatic rings. The van der Waals surface area contributed by atoms with E-state index in [4.69, 9.17) is 0 Å². The van der Waals surface area contributed by atoms with Crippen molar-refractivity contribution in [3.05, 3.63) is 23.6 Å². The van der Waals surface area contributed by atoms with Gasteiger partial charge >= 0.3 is 0 Å². The van der Waals surface area contributed by atoms with E-state index in [0.717, 1.165) is 13.0 Å². The summed E-state index contributed by atoms with van der Waals surface area (Å²) < 4.78 is 14.2. The molecule has 0 fully saturated rings. The Morgan fingerprint density at radius 3 is 2.76 bits per heavy atom. The van der Waals surface area contributed by atoms with Crippen LogP contribution in [-0.4, -0.2) is 24.6 Å². The van der Waals surface area contributed by atoms with Crippen LogP contribution in [0.2, 0.25) is 0 Å². The van der Waals surface area contributed by atoms with Crippen molar-refractivity contribution >= 4 is 5.82 Å². The third-order valence-corrected chi connectivity index (χ3v) is 2.57. The average Bonchev–Trinajstić information content (AvgIpc) is 2.27.